The van der Waals surface area contributed by atoms with Crippen molar-refractivity contribution in [3.05, 3.63) is 89.7 Å². The second kappa shape index (κ2) is 19.7. The zero-order valence-electron chi connectivity index (χ0n) is 35.4. The van der Waals surface area contributed by atoms with Crippen molar-refractivity contribution in [3.8, 4) is 22.8 Å². The van der Waals surface area contributed by atoms with Crippen LogP contribution in [-0.4, -0.2) is 122 Å². The molecular weight excluding hydrogens is 897 g/mol. The Morgan fingerprint density at radius 2 is 1.33 bits per heavy atom. The molecule has 22 heteroatoms. The quantitative estimate of drug-likeness (QED) is 0.102. The molecule has 18 nitrogen and oxygen atoms in total. The van der Waals surface area contributed by atoms with Gasteiger partial charge >= 0.3 is 5.97 Å². The molecule has 10 heterocycles. The molecule has 0 saturated carbocycles. The largest absolute Gasteiger partial charge is 0.452 e. The summed E-state index contributed by atoms with van der Waals surface area (Å²) < 4.78 is 35.8. The van der Waals surface area contributed by atoms with Crippen LogP contribution in [0.3, 0.4) is 0 Å². The summed E-state index contributed by atoms with van der Waals surface area (Å²) in [5.74, 6) is -0.251. The lowest BCUT2D eigenvalue weighted by Gasteiger charge is -2.34. The Hall–Kier alpha value is -6.80. The number of H-pyrrole nitrogens is 2. The molecule has 3 unspecified atom stereocenters. The highest BCUT2D eigenvalue weighted by atomic mass is 35.5. The summed E-state index contributed by atoms with van der Waals surface area (Å²) in [5, 5.41) is 8.68. The van der Waals surface area contributed by atoms with Crippen molar-refractivity contribution in [1.29, 1.82) is 0 Å². The number of hydrogen-bond acceptors (Lipinski definition) is 13. The van der Waals surface area contributed by atoms with E-state index in [0.717, 1.165) is 55.4 Å². The SMILES string of the molecule is O=C(Cn1ccnc1)N1CCCC(CNc2nc(-c3c[nH]c4ncc(Cl)cc34)ncc2F)C1.O=C1CCC(C(=O)N2CCCC(CNc3nc(-c4c[nH]c5ncc(Cl)cc45)ncc3F)C2)O1. The number of nitrogens with zero attached hydrogens (tertiary/aromatic N) is 10. The number of amides is 2. The van der Waals surface area contributed by atoms with Crippen LogP contribution in [0.4, 0.5) is 20.4 Å². The first-order valence-corrected chi connectivity index (χ1v) is 22.3. The first kappa shape index (κ1) is 44.4. The molecule has 0 radical (unpaired) electrons. The van der Waals surface area contributed by atoms with Crippen molar-refractivity contribution in [2.45, 2.75) is 51.2 Å². The number of nitrogens with one attached hydrogen (secondary N) is 4. The summed E-state index contributed by atoms with van der Waals surface area (Å²) in [6.45, 7) is 3.72. The number of aromatic amines is 2. The standard InChI is InChI=1S/C22H22ClFN8O.C22H22ClFN6O3/c23-15-6-16-17(9-28-20(16)27-8-15)21-29-10-18(24)22(30-21)26-7-14-2-1-4-32(11-14)19(33)12-31-5-3-25-13-31;23-13-6-14-15(9-27-19(14)26-8-13)20-28-10-16(24)21(29-20)25-7-12-2-1-5-30(11-12)22(32)17-3-4-18(31)33-17/h3,5-6,8-10,13-14H,1-2,4,7,11-12H2,(H,27,28)(H,26,29,30);6,8-10,12,17H,1-5,7,11H2,(H,26,27)(H,25,28,29). The molecule has 7 aromatic rings. The lowest BCUT2D eigenvalue weighted by Crippen LogP contribution is -2.46. The number of anilines is 2. The van der Waals surface area contributed by atoms with E-state index in [1.807, 2.05) is 4.90 Å². The molecule has 2 amide bonds. The molecule has 0 aromatic carbocycles. The van der Waals surface area contributed by atoms with E-state index in [1.165, 1.54) is 6.20 Å². The second-order valence-electron chi connectivity index (χ2n) is 16.4. The van der Waals surface area contributed by atoms with Gasteiger partial charge in [-0.2, -0.15) is 0 Å². The van der Waals surface area contributed by atoms with Crippen LogP contribution in [0.15, 0.2) is 68.0 Å². The van der Waals surface area contributed by atoms with Crippen LogP contribution in [0.2, 0.25) is 10.0 Å². The number of carbonyl (C=O) groups is 3. The zero-order chi connectivity index (χ0) is 45.7. The molecule has 10 rings (SSSR count). The van der Waals surface area contributed by atoms with Gasteiger partial charge in [-0.1, -0.05) is 23.2 Å². The minimum atomic E-state index is -0.676. The predicted molar refractivity (Wildman–Crippen MR) is 241 cm³/mol. The van der Waals surface area contributed by atoms with Gasteiger partial charge in [-0.05, 0) is 49.7 Å². The third-order valence-electron chi connectivity index (χ3n) is 11.8. The van der Waals surface area contributed by atoms with Crippen molar-refractivity contribution in [1.82, 2.24) is 59.2 Å². The molecule has 342 valence electrons. The molecule has 3 aliphatic heterocycles. The fourth-order valence-corrected chi connectivity index (χ4v) is 8.79. The van der Waals surface area contributed by atoms with E-state index >= 15 is 0 Å². The fraction of sp³-hybridized carbons (Fsp3) is 0.364. The number of halogens is 4. The number of cyclic esters (lactones) is 1. The number of imidazole rings is 1. The summed E-state index contributed by atoms with van der Waals surface area (Å²) in [6.07, 6.45) is 17.5. The maximum absolute atomic E-state index is 14.5. The Balaban J connectivity index is 0.000000166. The lowest BCUT2D eigenvalue weighted by atomic mass is 9.97. The number of likely N-dealkylation sites (tertiary alicyclic amines) is 2. The van der Waals surface area contributed by atoms with Gasteiger partial charge in [0.05, 0.1) is 28.8 Å². The average Bonchev–Trinajstić information content (AvgIpc) is 4.17. The predicted octanol–water partition coefficient (Wildman–Crippen LogP) is 6.53. The molecule has 0 bridgehead atoms. The number of rotatable bonds is 11. The van der Waals surface area contributed by atoms with Gasteiger partial charge in [0.25, 0.3) is 5.91 Å². The monoisotopic (exact) mass is 940 g/mol. The molecule has 3 atom stereocenters. The van der Waals surface area contributed by atoms with Crippen LogP contribution in [0, 0.1) is 23.5 Å². The average molecular weight is 942 g/mol. The van der Waals surface area contributed by atoms with Gasteiger partial charge in [0.15, 0.2) is 41.0 Å². The summed E-state index contributed by atoms with van der Waals surface area (Å²) in [4.78, 5) is 75.8. The minimum Gasteiger partial charge on any atom is -0.452 e. The highest BCUT2D eigenvalue weighted by molar-refractivity contribution is 6.31. The van der Waals surface area contributed by atoms with Crippen molar-refractivity contribution in [2.75, 3.05) is 49.9 Å². The van der Waals surface area contributed by atoms with Crippen LogP contribution < -0.4 is 10.6 Å². The number of aromatic nitrogens is 10. The Morgan fingerprint density at radius 1 is 0.773 bits per heavy atom. The van der Waals surface area contributed by atoms with Crippen molar-refractivity contribution >= 4 is 74.7 Å². The molecule has 66 heavy (non-hydrogen) atoms. The van der Waals surface area contributed by atoms with E-state index in [1.54, 1.807) is 58.9 Å². The minimum absolute atomic E-state index is 0.0554. The molecule has 4 N–H and O–H groups in total. The van der Waals surface area contributed by atoms with E-state index in [-0.39, 0.29) is 54.2 Å². The van der Waals surface area contributed by atoms with Gasteiger partial charge in [0, 0.05) is 111 Å². The number of esters is 1. The molecule has 0 spiro atoms. The zero-order valence-corrected chi connectivity index (χ0v) is 36.9. The van der Waals surface area contributed by atoms with Gasteiger partial charge < -0.3 is 39.7 Å². The fourth-order valence-electron chi connectivity index (χ4n) is 8.48. The smallest absolute Gasteiger partial charge is 0.306 e. The number of hydrogen-bond donors (Lipinski definition) is 4. The summed E-state index contributed by atoms with van der Waals surface area (Å²) in [5.41, 5.74) is 2.65. The summed E-state index contributed by atoms with van der Waals surface area (Å²) in [6, 6.07) is 3.53. The van der Waals surface area contributed by atoms with Gasteiger partial charge in [-0.25, -0.2) is 43.7 Å². The van der Waals surface area contributed by atoms with E-state index < -0.39 is 17.7 Å². The molecule has 0 aliphatic carbocycles. The number of piperidine rings is 2. The maximum atomic E-state index is 14.5. The van der Waals surface area contributed by atoms with E-state index in [2.05, 4.69) is 55.5 Å². The summed E-state index contributed by atoms with van der Waals surface area (Å²) >= 11 is 12.1. The van der Waals surface area contributed by atoms with Gasteiger partial charge in [-0.15, -0.1) is 0 Å². The van der Waals surface area contributed by atoms with Crippen LogP contribution in [0.5, 0.6) is 0 Å². The van der Waals surface area contributed by atoms with Gasteiger partial charge in [0.2, 0.25) is 5.91 Å². The summed E-state index contributed by atoms with van der Waals surface area (Å²) in [7, 11) is 0. The Labute approximate surface area is 385 Å². The number of ether oxygens (including phenoxy) is 1. The van der Waals surface area contributed by atoms with Crippen molar-refractivity contribution in [2.24, 2.45) is 11.8 Å². The molecule has 3 aliphatic rings. The van der Waals surface area contributed by atoms with Crippen LogP contribution in [0.25, 0.3) is 44.8 Å². The Bertz CT molecular complexity index is 2880. The van der Waals surface area contributed by atoms with E-state index in [9.17, 15) is 23.2 Å². The normalized spacial score (nSPS) is 18.5. The highest BCUT2D eigenvalue weighted by Crippen LogP contribution is 2.31. The molecule has 7 aromatic heterocycles. The molecular formula is C44H44Cl2F2N14O4. The lowest BCUT2D eigenvalue weighted by molar-refractivity contribution is -0.153. The second-order valence-corrected chi connectivity index (χ2v) is 17.3. The first-order valence-electron chi connectivity index (χ1n) is 21.5. The maximum Gasteiger partial charge on any atom is 0.306 e. The number of carbonyl (C=O) groups excluding carboxylic acids is 3. The van der Waals surface area contributed by atoms with Crippen molar-refractivity contribution in [3.63, 3.8) is 0 Å². The Kier molecular flexibility index (Phi) is 13.3. The number of pyridine rings is 2. The first-order chi connectivity index (χ1) is 32.0. The Morgan fingerprint density at radius 3 is 1.86 bits per heavy atom. The van der Waals surface area contributed by atoms with Gasteiger partial charge in [0.1, 0.15) is 17.8 Å². The number of fused-ring (bicyclic) bond motifs is 2. The third kappa shape index (κ3) is 10.2. The highest BCUT2D eigenvalue weighted by Gasteiger charge is 2.35. The van der Waals surface area contributed by atoms with Crippen LogP contribution in [0.1, 0.15) is 38.5 Å². The van der Waals surface area contributed by atoms with E-state index in [0.29, 0.717) is 83.3 Å². The molecule has 3 saturated heterocycles. The van der Waals surface area contributed by atoms with Gasteiger partial charge in [-0.3, -0.25) is 14.4 Å². The topological polar surface area (TPSA) is 218 Å². The van der Waals surface area contributed by atoms with Crippen LogP contribution >= 0.6 is 23.2 Å². The van der Waals surface area contributed by atoms with Crippen molar-refractivity contribution < 1.29 is 27.9 Å². The van der Waals surface area contributed by atoms with Crippen LogP contribution in [-0.2, 0) is 25.7 Å². The third-order valence-corrected chi connectivity index (χ3v) is 12.2. The van der Waals surface area contributed by atoms with E-state index in [4.69, 9.17) is 27.9 Å². The molecule has 3 fully saturated rings.